The van der Waals surface area contributed by atoms with Crippen molar-refractivity contribution in [3.8, 4) is 11.5 Å². The maximum atomic E-state index is 10.3. The first-order valence-corrected chi connectivity index (χ1v) is 13.2. The average Bonchev–Trinajstić information content (AvgIpc) is 2.82. The number of aliphatic hydroxyl groups excluding tert-OH is 1. The quantitative estimate of drug-likeness (QED) is 0.300. The molecule has 0 spiro atoms. The molecule has 0 bridgehead atoms. The second-order valence-electron chi connectivity index (χ2n) is 9.38. The zero-order valence-electron chi connectivity index (χ0n) is 19.8. The fourth-order valence-electron chi connectivity index (χ4n) is 3.85. The molecule has 3 rings (SSSR count). The summed E-state index contributed by atoms with van der Waals surface area (Å²) in [5.41, 5.74) is 2.27. The van der Waals surface area contributed by atoms with E-state index in [2.05, 4.69) is 83.9 Å². The molecule has 2 aromatic rings. The highest BCUT2D eigenvalue weighted by molar-refractivity contribution is 14.1. The lowest BCUT2D eigenvalue weighted by Crippen LogP contribution is -2.47. The normalized spacial score (nSPS) is 16.9. The topological polar surface area (TPSA) is 54.0 Å². The number of rotatable bonds is 11. The third-order valence-corrected chi connectivity index (χ3v) is 7.51. The molecule has 1 fully saturated rings. The Morgan fingerprint density at radius 3 is 2.36 bits per heavy atom. The number of hydrogen-bond donors (Lipinski definition) is 2. The van der Waals surface area contributed by atoms with Crippen LogP contribution in [0.1, 0.15) is 31.9 Å². The Morgan fingerprint density at radius 2 is 1.73 bits per heavy atom. The molecular formula is C26H36ClIN2O3. The van der Waals surface area contributed by atoms with Gasteiger partial charge >= 0.3 is 0 Å². The summed E-state index contributed by atoms with van der Waals surface area (Å²) >= 11 is 8.23. The Bertz CT molecular complexity index is 872. The van der Waals surface area contributed by atoms with Crippen LogP contribution < -0.4 is 14.8 Å². The largest absolute Gasteiger partial charge is 0.492 e. The molecule has 33 heavy (non-hydrogen) atoms. The van der Waals surface area contributed by atoms with Crippen molar-refractivity contribution in [2.75, 3.05) is 51.8 Å². The fraction of sp³-hybridized carbons (Fsp3) is 0.538. The van der Waals surface area contributed by atoms with Gasteiger partial charge in [-0.15, -0.1) is 11.6 Å². The van der Waals surface area contributed by atoms with Gasteiger partial charge in [0.25, 0.3) is 0 Å². The maximum Gasteiger partial charge on any atom is 0.132 e. The van der Waals surface area contributed by atoms with E-state index in [-0.39, 0.29) is 5.41 Å². The molecule has 2 unspecified atom stereocenters. The molecule has 1 saturated heterocycles. The van der Waals surface area contributed by atoms with Crippen molar-refractivity contribution in [3.05, 3.63) is 57.2 Å². The molecule has 2 aromatic carbocycles. The van der Waals surface area contributed by atoms with Crippen LogP contribution in [0.2, 0.25) is 0 Å². The Labute approximate surface area is 216 Å². The summed E-state index contributed by atoms with van der Waals surface area (Å²) in [6.07, 6.45) is -0.491. The molecule has 1 aliphatic rings. The zero-order valence-corrected chi connectivity index (χ0v) is 22.7. The minimum atomic E-state index is -0.491. The molecule has 0 amide bonds. The van der Waals surface area contributed by atoms with Crippen LogP contribution in [0.25, 0.3) is 0 Å². The first kappa shape index (κ1) is 26.5. The Morgan fingerprint density at radius 1 is 1.06 bits per heavy atom. The molecule has 7 heteroatoms. The van der Waals surface area contributed by atoms with Gasteiger partial charge < -0.3 is 19.9 Å². The number of benzene rings is 2. The minimum absolute atomic E-state index is 0.164. The summed E-state index contributed by atoms with van der Waals surface area (Å²) < 4.78 is 12.9. The first-order valence-electron chi connectivity index (χ1n) is 11.6. The number of nitrogens with zero attached hydrogens (tertiary/aromatic N) is 1. The summed E-state index contributed by atoms with van der Waals surface area (Å²) in [6.45, 7) is 12.0. The zero-order chi connectivity index (χ0) is 23.8. The Hall–Kier alpha value is -1.06. The molecular weight excluding hydrogens is 551 g/mol. The molecule has 0 saturated carbocycles. The molecule has 2 atom stereocenters. The number of alkyl halides is 1. The van der Waals surface area contributed by atoms with Gasteiger partial charge in [0, 0.05) is 49.9 Å². The Kier molecular flexibility index (Phi) is 10.1. The molecule has 5 nitrogen and oxygen atoms in total. The van der Waals surface area contributed by atoms with Crippen molar-refractivity contribution in [3.63, 3.8) is 0 Å². The monoisotopic (exact) mass is 586 g/mol. The van der Waals surface area contributed by atoms with Gasteiger partial charge in [0.2, 0.25) is 0 Å². The van der Waals surface area contributed by atoms with Gasteiger partial charge in [-0.3, -0.25) is 4.90 Å². The van der Waals surface area contributed by atoms with E-state index in [0.717, 1.165) is 41.2 Å². The van der Waals surface area contributed by atoms with E-state index in [1.54, 1.807) is 0 Å². The standard InChI is InChI=1S/C26H36ClIN2O3/c1-19(15-27)17-33-25-9-6-21(14-24(25)28)26(2,3)20-4-7-23(8-5-20)32-18-22(31)16-30-12-10-29-11-13-30/h4-9,14,19,22,29,31H,10-13,15-18H2,1-3H3. The number of halogens is 2. The van der Waals surface area contributed by atoms with Gasteiger partial charge in [-0.1, -0.05) is 39.0 Å². The summed E-state index contributed by atoms with van der Waals surface area (Å²) in [5.74, 6) is 2.59. The van der Waals surface area contributed by atoms with Crippen molar-refractivity contribution >= 4 is 34.2 Å². The highest BCUT2D eigenvalue weighted by Crippen LogP contribution is 2.35. The first-order chi connectivity index (χ1) is 15.8. The molecule has 2 N–H and O–H groups in total. The SMILES string of the molecule is CC(CCl)COc1ccc(C(C)(C)c2ccc(OCC(O)CN3CCNCC3)cc2)cc1I. The maximum absolute atomic E-state index is 10.3. The van der Waals surface area contributed by atoms with Crippen LogP contribution in [0.5, 0.6) is 11.5 Å². The molecule has 0 radical (unpaired) electrons. The van der Waals surface area contributed by atoms with Crippen LogP contribution in [0.3, 0.4) is 0 Å². The van der Waals surface area contributed by atoms with Crippen LogP contribution >= 0.6 is 34.2 Å². The average molecular weight is 587 g/mol. The molecule has 182 valence electrons. The second-order valence-corrected chi connectivity index (χ2v) is 10.9. The van der Waals surface area contributed by atoms with E-state index in [0.29, 0.717) is 31.6 Å². The van der Waals surface area contributed by atoms with E-state index in [4.69, 9.17) is 21.1 Å². The van der Waals surface area contributed by atoms with Crippen molar-refractivity contribution < 1.29 is 14.6 Å². The minimum Gasteiger partial charge on any atom is -0.492 e. The lowest BCUT2D eigenvalue weighted by molar-refractivity contribution is 0.0641. The number of ether oxygens (including phenoxy) is 2. The van der Waals surface area contributed by atoms with E-state index >= 15 is 0 Å². The Balaban J connectivity index is 1.57. The van der Waals surface area contributed by atoms with Gasteiger partial charge in [0.15, 0.2) is 0 Å². The predicted molar refractivity (Wildman–Crippen MR) is 144 cm³/mol. The van der Waals surface area contributed by atoms with Crippen molar-refractivity contribution in [1.82, 2.24) is 10.2 Å². The van der Waals surface area contributed by atoms with Crippen LogP contribution in [0.4, 0.5) is 0 Å². The third-order valence-electron chi connectivity index (χ3n) is 6.14. The van der Waals surface area contributed by atoms with E-state index in [9.17, 15) is 5.11 Å². The number of piperazine rings is 1. The van der Waals surface area contributed by atoms with Crippen LogP contribution in [-0.4, -0.2) is 67.9 Å². The number of nitrogens with one attached hydrogen (secondary N) is 1. The number of hydrogen-bond acceptors (Lipinski definition) is 5. The number of aliphatic hydroxyl groups is 1. The summed E-state index contributed by atoms with van der Waals surface area (Å²) in [5, 5.41) is 13.6. The van der Waals surface area contributed by atoms with E-state index in [1.165, 1.54) is 11.1 Å². The summed E-state index contributed by atoms with van der Waals surface area (Å²) in [4.78, 5) is 2.27. The van der Waals surface area contributed by atoms with Gasteiger partial charge in [0.1, 0.15) is 24.2 Å². The smallest absolute Gasteiger partial charge is 0.132 e. The van der Waals surface area contributed by atoms with E-state index < -0.39 is 6.10 Å². The number of β-amino-alcohol motifs (C(OH)–C–C–N with tert-alkyl or cyclic N) is 1. The van der Waals surface area contributed by atoms with Gasteiger partial charge in [0.05, 0.1) is 10.2 Å². The van der Waals surface area contributed by atoms with Crippen molar-refractivity contribution in [2.24, 2.45) is 5.92 Å². The lowest BCUT2D eigenvalue weighted by atomic mass is 9.78. The second kappa shape index (κ2) is 12.6. The highest BCUT2D eigenvalue weighted by atomic mass is 127. The summed E-state index contributed by atoms with van der Waals surface area (Å²) in [6, 6.07) is 14.6. The molecule has 0 aliphatic carbocycles. The lowest BCUT2D eigenvalue weighted by Gasteiger charge is -2.29. The fourth-order valence-corrected chi connectivity index (χ4v) is 4.61. The third kappa shape index (κ3) is 7.72. The van der Waals surface area contributed by atoms with Crippen molar-refractivity contribution in [2.45, 2.75) is 32.3 Å². The predicted octanol–water partition coefficient (Wildman–Crippen LogP) is 4.52. The molecule has 1 heterocycles. The van der Waals surface area contributed by atoms with E-state index in [1.807, 2.05) is 12.1 Å². The molecule has 0 aromatic heterocycles. The summed E-state index contributed by atoms with van der Waals surface area (Å²) in [7, 11) is 0. The van der Waals surface area contributed by atoms with Crippen LogP contribution in [0, 0.1) is 9.49 Å². The van der Waals surface area contributed by atoms with Crippen LogP contribution in [0.15, 0.2) is 42.5 Å². The molecule has 1 aliphatic heterocycles. The van der Waals surface area contributed by atoms with Gasteiger partial charge in [-0.25, -0.2) is 0 Å². The van der Waals surface area contributed by atoms with Gasteiger partial charge in [-0.2, -0.15) is 0 Å². The van der Waals surface area contributed by atoms with Crippen LogP contribution in [-0.2, 0) is 5.41 Å². The van der Waals surface area contributed by atoms with Gasteiger partial charge in [-0.05, 0) is 58.0 Å². The highest BCUT2D eigenvalue weighted by Gasteiger charge is 2.24. The van der Waals surface area contributed by atoms with Crippen molar-refractivity contribution in [1.29, 1.82) is 0 Å².